The summed E-state index contributed by atoms with van der Waals surface area (Å²) in [6, 6.07) is 15.6. The van der Waals surface area contributed by atoms with E-state index in [-0.39, 0.29) is 6.10 Å². The van der Waals surface area contributed by atoms with Gasteiger partial charge in [0.25, 0.3) is 0 Å². The predicted octanol–water partition coefficient (Wildman–Crippen LogP) is 5.20. The Morgan fingerprint density at radius 2 is 2.04 bits per heavy atom. The summed E-state index contributed by atoms with van der Waals surface area (Å²) in [6.45, 7) is 6.58. The number of imidazole rings is 1. The van der Waals surface area contributed by atoms with E-state index < -0.39 is 0 Å². The first-order chi connectivity index (χ1) is 13.1. The minimum Gasteiger partial charge on any atom is -0.490 e. The van der Waals surface area contributed by atoms with Gasteiger partial charge in [0, 0.05) is 0 Å². The lowest BCUT2D eigenvalue weighted by molar-refractivity contribution is 0.203. The van der Waals surface area contributed by atoms with Crippen LogP contribution in [0, 0.1) is 11.3 Å². The van der Waals surface area contributed by atoms with E-state index in [9.17, 15) is 5.26 Å². The summed E-state index contributed by atoms with van der Waals surface area (Å²) in [5.41, 5.74) is 3.05. The van der Waals surface area contributed by atoms with Crippen LogP contribution in [0.1, 0.15) is 38.6 Å². The Hall–Kier alpha value is -3.26. The first-order valence-electron chi connectivity index (χ1n) is 9.15. The number of rotatable bonds is 7. The number of allylic oxidation sites excluding steroid dienone is 1. The number of fused-ring (bicyclic) bond motifs is 1. The van der Waals surface area contributed by atoms with E-state index in [4.69, 9.17) is 9.47 Å². The molecule has 0 bridgehead atoms. The quantitative estimate of drug-likeness (QED) is 0.587. The average Bonchev–Trinajstić information content (AvgIpc) is 3.12. The first-order valence-corrected chi connectivity index (χ1v) is 9.15. The zero-order valence-electron chi connectivity index (χ0n) is 15.8. The molecule has 5 nitrogen and oxygen atoms in total. The largest absolute Gasteiger partial charge is 0.490 e. The highest BCUT2D eigenvalue weighted by atomic mass is 16.5. The predicted molar refractivity (Wildman–Crippen MR) is 108 cm³/mol. The molecule has 0 amide bonds. The van der Waals surface area contributed by atoms with Crippen LogP contribution in [0.4, 0.5) is 0 Å². The third kappa shape index (κ3) is 4.29. The molecule has 2 aromatic carbocycles. The van der Waals surface area contributed by atoms with E-state index in [1.807, 2.05) is 56.3 Å². The standard InChI is InChI=1S/C22H23N3O2/c1-4-15(3)27-20-11-10-16(13-21(20)26-5-2)12-17(14-23)22-24-18-8-6-7-9-19(18)25-22/h6-13,15H,4-5H2,1-3H3,(H,24,25)/b17-12+/t15-/m0/s1. The molecule has 0 spiro atoms. The number of nitrogens with zero attached hydrogens (tertiary/aromatic N) is 2. The van der Waals surface area contributed by atoms with Gasteiger partial charge in [-0.25, -0.2) is 4.98 Å². The first kappa shape index (κ1) is 18.5. The maximum absolute atomic E-state index is 9.61. The molecule has 1 N–H and O–H groups in total. The molecule has 0 unspecified atom stereocenters. The molecular formula is C22H23N3O2. The summed E-state index contributed by atoms with van der Waals surface area (Å²) >= 11 is 0. The second-order valence-corrected chi connectivity index (χ2v) is 6.25. The van der Waals surface area contributed by atoms with Gasteiger partial charge in [-0.1, -0.05) is 25.1 Å². The van der Waals surface area contributed by atoms with Crippen molar-refractivity contribution in [1.29, 1.82) is 5.26 Å². The van der Waals surface area contributed by atoms with E-state index in [2.05, 4.69) is 23.0 Å². The van der Waals surface area contributed by atoms with E-state index in [1.165, 1.54) is 0 Å². The van der Waals surface area contributed by atoms with E-state index in [0.717, 1.165) is 23.0 Å². The van der Waals surface area contributed by atoms with E-state index in [0.29, 0.717) is 29.5 Å². The van der Waals surface area contributed by atoms with Crippen molar-refractivity contribution in [3.05, 3.63) is 53.9 Å². The number of H-pyrrole nitrogens is 1. The third-order valence-electron chi connectivity index (χ3n) is 4.25. The molecule has 0 fully saturated rings. The van der Waals surface area contributed by atoms with Gasteiger partial charge >= 0.3 is 0 Å². The maximum Gasteiger partial charge on any atom is 0.161 e. The molecule has 0 aliphatic heterocycles. The van der Waals surface area contributed by atoms with Crippen LogP contribution in [0.2, 0.25) is 0 Å². The summed E-state index contributed by atoms with van der Waals surface area (Å²) in [5.74, 6) is 1.94. The van der Waals surface area contributed by atoms with Crippen LogP contribution in [0.3, 0.4) is 0 Å². The van der Waals surface area contributed by atoms with Crippen molar-refractivity contribution in [2.45, 2.75) is 33.3 Å². The summed E-state index contributed by atoms with van der Waals surface area (Å²) in [6.07, 6.45) is 2.82. The van der Waals surface area contributed by atoms with Crippen LogP contribution >= 0.6 is 0 Å². The summed E-state index contributed by atoms with van der Waals surface area (Å²) < 4.78 is 11.7. The van der Waals surface area contributed by atoms with Gasteiger partial charge in [-0.3, -0.25) is 0 Å². The molecule has 27 heavy (non-hydrogen) atoms. The zero-order chi connectivity index (χ0) is 19.2. The zero-order valence-corrected chi connectivity index (χ0v) is 15.8. The number of hydrogen-bond acceptors (Lipinski definition) is 4. The van der Waals surface area contributed by atoms with E-state index >= 15 is 0 Å². The Kier molecular flexibility index (Phi) is 5.77. The molecular weight excluding hydrogens is 338 g/mol. The van der Waals surface area contributed by atoms with Crippen LogP contribution < -0.4 is 9.47 Å². The smallest absolute Gasteiger partial charge is 0.161 e. The second-order valence-electron chi connectivity index (χ2n) is 6.25. The number of aromatic nitrogens is 2. The molecule has 5 heteroatoms. The van der Waals surface area contributed by atoms with Gasteiger partial charge in [-0.05, 0) is 56.2 Å². The van der Waals surface area contributed by atoms with Gasteiger partial charge in [-0.15, -0.1) is 0 Å². The summed E-state index contributed by atoms with van der Waals surface area (Å²) in [4.78, 5) is 7.70. The Morgan fingerprint density at radius 3 is 2.74 bits per heavy atom. The average molecular weight is 361 g/mol. The van der Waals surface area contributed by atoms with Crippen LogP contribution in [0.25, 0.3) is 22.7 Å². The molecule has 0 saturated carbocycles. The Balaban J connectivity index is 1.96. The van der Waals surface area contributed by atoms with Gasteiger partial charge in [0.1, 0.15) is 11.9 Å². The minimum atomic E-state index is 0.107. The Labute approximate surface area is 159 Å². The van der Waals surface area contributed by atoms with Crippen molar-refractivity contribution in [1.82, 2.24) is 9.97 Å². The fourth-order valence-electron chi connectivity index (χ4n) is 2.68. The second kappa shape index (κ2) is 8.41. The number of hydrogen-bond donors (Lipinski definition) is 1. The van der Waals surface area contributed by atoms with Crippen molar-refractivity contribution < 1.29 is 9.47 Å². The molecule has 0 aliphatic carbocycles. The number of aromatic amines is 1. The Morgan fingerprint density at radius 1 is 1.22 bits per heavy atom. The van der Waals surface area contributed by atoms with Gasteiger partial charge < -0.3 is 14.5 Å². The summed E-state index contributed by atoms with van der Waals surface area (Å²) in [5, 5.41) is 9.61. The van der Waals surface area contributed by atoms with Crippen LogP contribution in [-0.4, -0.2) is 22.7 Å². The lowest BCUT2D eigenvalue weighted by Crippen LogP contribution is -2.10. The fraction of sp³-hybridized carbons (Fsp3) is 0.273. The topological polar surface area (TPSA) is 70.9 Å². The fourth-order valence-corrected chi connectivity index (χ4v) is 2.68. The summed E-state index contributed by atoms with van der Waals surface area (Å²) in [7, 11) is 0. The van der Waals surface area contributed by atoms with Crippen molar-refractivity contribution in [3.63, 3.8) is 0 Å². The van der Waals surface area contributed by atoms with Crippen LogP contribution in [-0.2, 0) is 0 Å². The van der Waals surface area contributed by atoms with Gasteiger partial charge in [0.2, 0.25) is 0 Å². The molecule has 3 rings (SSSR count). The SMILES string of the molecule is CCOc1cc(/C=C(\C#N)c2nc3ccccc3[nH]2)ccc1O[C@@H](C)CC. The monoisotopic (exact) mass is 361 g/mol. The third-order valence-corrected chi connectivity index (χ3v) is 4.25. The normalized spacial score (nSPS) is 12.6. The molecule has 1 heterocycles. The number of para-hydroxylation sites is 2. The molecule has 0 aliphatic rings. The molecule has 3 aromatic rings. The number of nitriles is 1. The van der Waals surface area contributed by atoms with Gasteiger partial charge in [-0.2, -0.15) is 5.26 Å². The molecule has 0 radical (unpaired) electrons. The molecule has 138 valence electrons. The lowest BCUT2D eigenvalue weighted by atomic mass is 10.1. The van der Waals surface area contributed by atoms with Crippen molar-refractivity contribution in [3.8, 4) is 17.6 Å². The van der Waals surface area contributed by atoms with Gasteiger partial charge in [0.05, 0.1) is 29.3 Å². The van der Waals surface area contributed by atoms with Crippen molar-refractivity contribution in [2.75, 3.05) is 6.61 Å². The van der Waals surface area contributed by atoms with Crippen LogP contribution in [0.5, 0.6) is 11.5 Å². The highest BCUT2D eigenvalue weighted by Crippen LogP contribution is 2.31. The molecule has 1 atom stereocenters. The lowest BCUT2D eigenvalue weighted by Gasteiger charge is -2.16. The molecule has 0 saturated heterocycles. The number of ether oxygens (including phenoxy) is 2. The van der Waals surface area contributed by atoms with E-state index in [1.54, 1.807) is 6.08 Å². The van der Waals surface area contributed by atoms with Crippen LogP contribution in [0.15, 0.2) is 42.5 Å². The minimum absolute atomic E-state index is 0.107. The number of nitrogens with one attached hydrogen (secondary N) is 1. The Bertz CT molecular complexity index is 965. The maximum atomic E-state index is 9.61. The van der Waals surface area contributed by atoms with Crippen molar-refractivity contribution in [2.24, 2.45) is 0 Å². The van der Waals surface area contributed by atoms with Gasteiger partial charge in [0.15, 0.2) is 11.5 Å². The molecule has 1 aromatic heterocycles. The highest BCUT2D eigenvalue weighted by Gasteiger charge is 2.11. The van der Waals surface area contributed by atoms with Crippen molar-refractivity contribution >= 4 is 22.7 Å². The highest BCUT2D eigenvalue weighted by molar-refractivity contribution is 5.90. The number of benzene rings is 2.